The summed E-state index contributed by atoms with van der Waals surface area (Å²) < 4.78 is 5.69. The molecular formula is C16H14N4O2S. The molecule has 0 aliphatic heterocycles. The standard InChI is InChI=1S/C16H14N4O2S/c1-10-3-12(15(21)20-16-19-6-11(2)23-16)5-13(4-10)22-14-7-17-9-18-8-14/h3-9H,1-2H3,(H,19,20,21). The van der Waals surface area contributed by atoms with Crippen LogP contribution in [0.15, 0.2) is 43.1 Å². The maximum absolute atomic E-state index is 12.4. The summed E-state index contributed by atoms with van der Waals surface area (Å²) in [5.74, 6) is 0.845. The molecule has 0 radical (unpaired) electrons. The number of thiazole rings is 1. The molecule has 23 heavy (non-hydrogen) atoms. The van der Waals surface area contributed by atoms with Crippen LogP contribution in [0.2, 0.25) is 0 Å². The van der Waals surface area contributed by atoms with Crippen molar-refractivity contribution in [2.75, 3.05) is 5.32 Å². The average molecular weight is 326 g/mol. The second-order valence-electron chi connectivity index (χ2n) is 4.94. The Labute approximate surface area is 137 Å². The molecule has 116 valence electrons. The first-order valence-corrected chi connectivity index (χ1v) is 7.70. The molecule has 0 bridgehead atoms. The smallest absolute Gasteiger partial charge is 0.257 e. The van der Waals surface area contributed by atoms with Crippen molar-refractivity contribution in [3.8, 4) is 11.5 Å². The first-order chi connectivity index (χ1) is 11.1. The number of carbonyl (C=O) groups excluding carboxylic acids is 1. The number of ether oxygens (including phenoxy) is 1. The topological polar surface area (TPSA) is 77.0 Å². The van der Waals surface area contributed by atoms with Gasteiger partial charge in [0, 0.05) is 16.6 Å². The minimum Gasteiger partial charge on any atom is -0.454 e. The van der Waals surface area contributed by atoms with Crippen molar-refractivity contribution >= 4 is 22.4 Å². The van der Waals surface area contributed by atoms with E-state index in [1.807, 2.05) is 19.9 Å². The molecule has 0 aliphatic carbocycles. The molecule has 6 nitrogen and oxygen atoms in total. The summed E-state index contributed by atoms with van der Waals surface area (Å²) in [6.45, 7) is 3.84. The number of hydrogen-bond donors (Lipinski definition) is 1. The number of amides is 1. The molecule has 2 aromatic heterocycles. The Morgan fingerprint density at radius 1 is 1.09 bits per heavy atom. The highest BCUT2D eigenvalue weighted by Gasteiger charge is 2.11. The molecule has 0 unspecified atom stereocenters. The molecule has 1 amide bonds. The zero-order chi connectivity index (χ0) is 16.2. The quantitative estimate of drug-likeness (QED) is 0.793. The lowest BCUT2D eigenvalue weighted by molar-refractivity contribution is 0.102. The molecule has 0 spiro atoms. The van der Waals surface area contributed by atoms with Crippen LogP contribution < -0.4 is 10.1 Å². The minimum absolute atomic E-state index is 0.225. The maximum atomic E-state index is 12.4. The van der Waals surface area contributed by atoms with Gasteiger partial charge in [0.2, 0.25) is 0 Å². The van der Waals surface area contributed by atoms with E-state index >= 15 is 0 Å². The zero-order valence-corrected chi connectivity index (χ0v) is 13.4. The number of nitrogens with zero attached hydrogens (tertiary/aromatic N) is 3. The van der Waals surface area contributed by atoms with Crippen LogP contribution >= 0.6 is 11.3 Å². The first kappa shape index (κ1) is 15.1. The molecule has 2 heterocycles. The van der Waals surface area contributed by atoms with Gasteiger partial charge in [0.05, 0.1) is 12.4 Å². The lowest BCUT2D eigenvalue weighted by Crippen LogP contribution is -2.12. The van der Waals surface area contributed by atoms with Gasteiger partial charge in [0.15, 0.2) is 10.9 Å². The van der Waals surface area contributed by atoms with Gasteiger partial charge in [-0.15, -0.1) is 11.3 Å². The van der Waals surface area contributed by atoms with Crippen LogP contribution in [0, 0.1) is 13.8 Å². The van der Waals surface area contributed by atoms with Crippen LogP contribution in [0.25, 0.3) is 0 Å². The molecule has 1 aromatic carbocycles. The zero-order valence-electron chi connectivity index (χ0n) is 12.6. The predicted octanol–water partition coefficient (Wildman–Crippen LogP) is 3.59. The van der Waals surface area contributed by atoms with E-state index in [1.165, 1.54) is 17.7 Å². The van der Waals surface area contributed by atoms with Gasteiger partial charge in [-0.05, 0) is 37.6 Å². The summed E-state index contributed by atoms with van der Waals surface area (Å²) in [6.07, 6.45) is 6.28. The van der Waals surface area contributed by atoms with Gasteiger partial charge in [-0.25, -0.2) is 15.0 Å². The summed E-state index contributed by atoms with van der Waals surface area (Å²) in [4.78, 5) is 25.3. The molecule has 0 saturated heterocycles. The van der Waals surface area contributed by atoms with Gasteiger partial charge in [0.1, 0.15) is 12.1 Å². The molecule has 1 N–H and O–H groups in total. The molecule has 0 saturated carbocycles. The number of carbonyl (C=O) groups is 1. The molecular weight excluding hydrogens is 312 g/mol. The Kier molecular flexibility index (Phi) is 4.29. The number of anilines is 1. The Balaban J connectivity index is 1.80. The monoisotopic (exact) mass is 326 g/mol. The predicted molar refractivity (Wildman–Crippen MR) is 88.1 cm³/mol. The van der Waals surface area contributed by atoms with E-state index in [4.69, 9.17) is 4.74 Å². The van der Waals surface area contributed by atoms with E-state index in [-0.39, 0.29) is 5.91 Å². The molecule has 3 rings (SSSR count). The Morgan fingerprint density at radius 2 is 1.87 bits per heavy atom. The third kappa shape index (κ3) is 3.89. The van der Waals surface area contributed by atoms with Crippen LogP contribution in [-0.4, -0.2) is 20.9 Å². The van der Waals surface area contributed by atoms with Crippen molar-refractivity contribution in [3.05, 3.63) is 59.1 Å². The normalized spacial score (nSPS) is 10.3. The molecule has 7 heteroatoms. The van der Waals surface area contributed by atoms with Crippen LogP contribution in [0.1, 0.15) is 20.8 Å². The number of rotatable bonds is 4. The van der Waals surface area contributed by atoms with Crippen molar-refractivity contribution in [1.82, 2.24) is 15.0 Å². The summed E-state index contributed by atoms with van der Waals surface area (Å²) in [7, 11) is 0. The molecule has 3 aromatic rings. The molecule has 0 fully saturated rings. The molecule has 0 aliphatic rings. The van der Waals surface area contributed by atoms with Crippen molar-refractivity contribution in [2.24, 2.45) is 0 Å². The summed E-state index contributed by atoms with van der Waals surface area (Å²) in [5, 5.41) is 3.36. The Hall–Kier alpha value is -2.80. The molecule has 0 atom stereocenters. The Bertz CT molecular complexity index is 833. The summed E-state index contributed by atoms with van der Waals surface area (Å²) >= 11 is 1.43. The lowest BCUT2D eigenvalue weighted by Gasteiger charge is -2.08. The van der Waals surface area contributed by atoms with E-state index in [2.05, 4.69) is 20.3 Å². The van der Waals surface area contributed by atoms with E-state index < -0.39 is 0 Å². The van der Waals surface area contributed by atoms with Gasteiger partial charge in [0.25, 0.3) is 5.91 Å². The SMILES string of the molecule is Cc1cc(Oc2cncnc2)cc(C(=O)Nc2ncc(C)s2)c1. The number of hydrogen-bond acceptors (Lipinski definition) is 6. The van der Waals surface area contributed by atoms with Crippen molar-refractivity contribution in [3.63, 3.8) is 0 Å². The minimum atomic E-state index is -0.225. The number of benzene rings is 1. The van der Waals surface area contributed by atoms with Gasteiger partial charge < -0.3 is 4.74 Å². The highest BCUT2D eigenvalue weighted by molar-refractivity contribution is 7.15. The van der Waals surface area contributed by atoms with E-state index in [1.54, 1.807) is 30.7 Å². The fraction of sp³-hybridized carbons (Fsp3) is 0.125. The van der Waals surface area contributed by atoms with Gasteiger partial charge in [-0.1, -0.05) is 0 Å². The van der Waals surface area contributed by atoms with E-state index in [9.17, 15) is 4.79 Å². The van der Waals surface area contributed by atoms with E-state index in [0.717, 1.165) is 10.4 Å². The summed E-state index contributed by atoms with van der Waals surface area (Å²) in [5.41, 5.74) is 1.42. The Morgan fingerprint density at radius 3 is 2.57 bits per heavy atom. The largest absolute Gasteiger partial charge is 0.454 e. The van der Waals surface area contributed by atoms with E-state index in [0.29, 0.717) is 22.2 Å². The van der Waals surface area contributed by atoms with Gasteiger partial charge >= 0.3 is 0 Å². The fourth-order valence-corrected chi connectivity index (χ4v) is 2.65. The number of aryl methyl sites for hydroxylation is 2. The van der Waals surface area contributed by atoms with Crippen LogP contribution in [0.4, 0.5) is 5.13 Å². The number of nitrogens with one attached hydrogen (secondary N) is 1. The van der Waals surface area contributed by atoms with Crippen molar-refractivity contribution < 1.29 is 9.53 Å². The van der Waals surface area contributed by atoms with Crippen LogP contribution in [-0.2, 0) is 0 Å². The lowest BCUT2D eigenvalue weighted by atomic mass is 10.1. The number of aromatic nitrogens is 3. The van der Waals surface area contributed by atoms with Crippen LogP contribution in [0.5, 0.6) is 11.5 Å². The second-order valence-corrected chi connectivity index (χ2v) is 6.18. The third-order valence-electron chi connectivity index (χ3n) is 2.93. The highest BCUT2D eigenvalue weighted by Crippen LogP contribution is 2.24. The van der Waals surface area contributed by atoms with Crippen molar-refractivity contribution in [2.45, 2.75) is 13.8 Å². The van der Waals surface area contributed by atoms with Gasteiger partial charge in [-0.3, -0.25) is 10.1 Å². The highest BCUT2D eigenvalue weighted by atomic mass is 32.1. The van der Waals surface area contributed by atoms with Crippen molar-refractivity contribution in [1.29, 1.82) is 0 Å². The second kappa shape index (κ2) is 6.53. The first-order valence-electron chi connectivity index (χ1n) is 6.88. The van der Waals surface area contributed by atoms with Gasteiger partial charge in [-0.2, -0.15) is 0 Å². The third-order valence-corrected chi connectivity index (χ3v) is 3.76. The fourth-order valence-electron chi connectivity index (χ4n) is 1.99. The average Bonchev–Trinajstić information content (AvgIpc) is 2.93. The summed E-state index contributed by atoms with van der Waals surface area (Å²) in [6, 6.07) is 5.32. The van der Waals surface area contributed by atoms with Crippen LogP contribution in [0.3, 0.4) is 0 Å². The maximum Gasteiger partial charge on any atom is 0.257 e.